The Kier molecular flexibility index (Phi) is 4.51. The average molecular weight is 314 g/mol. The van der Waals surface area contributed by atoms with E-state index in [-0.39, 0.29) is 35.2 Å². The minimum atomic E-state index is -3.09. The van der Waals surface area contributed by atoms with Crippen LogP contribution in [0, 0.1) is 5.82 Å². The van der Waals surface area contributed by atoms with Crippen molar-refractivity contribution in [3.8, 4) is 0 Å². The van der Waals surface area contributed by atoms with Gasteiger partial charge in [-0.3, -0.25) is 4.79 Å². The number of rotatable bonds is 3. The predicted octanol–water partition coefficient (Wildman–Crippen LogP) is 1.52. The SMILES string of the molecule is CCNc1c(F)cccc1C(=O)N1CCS(=O)(=O)CC1C. The molecule has 1 N–H and O–H groups in total. The summed E-state index contributed by atoms with van der Waals surface area (Å²) in [5, 5.41) is 2.85. The standard InChI is InChI=1S/C14H19FN2O3S/c1-3-16-13-11(5-4-6-12(13)15)14(18)17-7-8-21(19,20)9-10(17)2/h4-6,10,16H,3,7-9H2,1-2H3. The van der Waals surface area contributed by atoms with E-state index in [0.717, 1.165) is 0 Å². The van der Waals surface area contributed by atoms with E-state index < -0.39 is 21.7 Å². The summed E-state index contributed by atoms with van der Waals surface area (Å²) >= 11 is 0. The summed E-state index contributed by atoms with van der Waals surface area (Å²) in [4.78, 5) is 14.1. The van der Waals surface area contributed by atoms with E-state index in [4.69, 9.17) is 0 Å². The summed E-state index contributed by atoms with van der Waals surface area (Å²) in [6.45, 7) is 4.15. The Morgan fingerprint density at radius 3 is 2.81 bits per heavy atom. The highest BCUT2D eigenvalue weighted by Gasteiger charge is 2.32. The van der Waals surface area contributed by atoms with Crippen LogP contribution in [0.2, 0.25) is 0 Å². The van der Waals surface area contributed by atoms with Gasteiger partial charge in [0, 0.05) is 19.1 Å². The molecule has 1 unspecified atom stereocenters. The zero-order chi connectivity index (χ0) is 15.6. The van der Waals surface area contributed by atoms with Gasteiger partial charge in [0.25, 0.3) is 5.91 Å². The second kappa shape index (κ2) is 6.01. The minimum absolute atomic E-state index is 0.0467. The highest BCUT2D eigenvalue weighted by Crippen LogP contribution is 2.23. The second-order valence-electron chi connectivity index (χ2n) is 5.15. The van der Waals surface area contributed by atoms with Crippen LogP contribution in [0.3, 0.4) is 0 Å². The Morgan fingerprint density at radius 2 is 2.19 bits per heavy atom. The zero-order valence-electron chi connectivity index (χ0n) is 12.1. The Labute approximate surface area is 124 Å². The summed E-state index contributed by atoms with van der Waals surface area (Å²) in [5.41, 5.74) is 0.411. The maximum absolute atomic E-state index is 13.9. The third-order valence-electron chi connectivity index (χ3n) is 3.53. The largest absolute Gasteiger partial charge is 0.382 e. The van der Waals surface area contributed by atoms with Crippen molar-refractivity contribution >= 4 is 21.4 Å². The van der Waals surface area contributed by atoms with E-state index >= 15 is 0 Å². The monoisotopic (exact) mass is 314 g/mol. The van der Waals surface area contributed by atoms with Crippen molar-refractivity contribution in [2.75, 3.05) is 29.9 Å². The lowest BCUT2D eigenvalue weighted by Gasteiger charge is -2.33. The van der Waals surface area contributed by atoms with Crippen LogP contribution in [0.25, 0.3) is 0 Å². The molecule has 116 valence electrons. The number of benzene rings is 1. The number of nitrogens with zero attached hydrogens (tertiary/aromatic N) is 1. The second-order valence-corrected chi connectivity index (χ2v) is 7.38. The normalized spacial score (nSPS) is 21.1. The van der Waals surface area contributed by atoms with Gasteiger partial charge >= 0.3 is 0 Å². The topological polar surface area (TPSA) is 66.5 Å². The van der Waals surface area contributed by atoms with E-state index in [1.54, 1.807) is 13.0 Å². The number of sulfone groups is 1. The van der Waals surface area contributed by atoms with Crippen molar-refractivity contribution in [2.24, 2.45) is 0 Å². The summed E-state index contributed by atoms with van der Waals surface area (Å²) in [5.74, 6) is -0.924. The average Bonchev–Trinajstić information content (AvgIpc) is 2.39. The molecule has 5 nitrogen and oxygen atoms in total. The van der Waals surface area contributed by atoms with Gasteiger partial charge in [0.2, 0.25) is 0 Å². The maximum Gasteiger partial charge on any atom is 0.256 e. The number of hydrogen-bond acceptors (Lipinski definition) is 4. The van der Waals surface area contributed by atoms with Gasteiger partial charge in [-0.1, -0.05) is 6.07 Å². The summed E-state index contributed by atoms with van der Waals surface area (Å²) in [6.07, 6.45) is 0. The lowest BCUT2D eigenvalue weighted by Crippen LogP contribution is -2.49. The molecular weight excluding hydrogens is 295 g/mol. The third kappa shape index (κ3) is 3.34. The van der Waals surface area contributed by atoms with Gasteiger partial charge in [-0.05, 0) is 26.0 Å². The van der Waals surface area contributed by atoms with Crippen LogP contribution < -0.4 is 5.32 Å². The van der Waals surface area contributed by atoms with E-state index in [1.165, 1.54) is 17.0 Å². The van der Waals surface area contributed by atoms with Gasteiger partial charge in [-0.15, -0.1) is 0 Å². The van der Waals surface area contributed by atoms with Crippen LogP contribution in [0.5, 0.6) is 0 Å². The smallest absolute Gasteiger partial charge is 0.256 e. The van der Waals surface area contributed by atoms with Crippen molar-refractivity contribution in [3.05, 3.63) is 29.6 Å². The highest BCUT2D eigenvalue weighted by atomic mass is 32.2. The number of hydrogen-bond donors (Lipinski definition) is 1. The Balaban J connectivity index is 2.31. The first-order valence-electron chi connectivity index (χ1n) is 6.89. The van der Waals surface area contributed by atoms with Crippen LogP contribution in [-0.2, 0) is 9.84 Å². The fraction of sp³-hybridized carbons (Fsp3) is 0.500. The Hall–Kier alpha value is -1.63. The molecule has 0 bridgehead atoms. The predicted molar refractivity (Wildman–Crippen MR) is 79.7 cm³/mol. The molecule has 1 saturated heterocycles. The molecule has 1 fully saturated rings. The summed E-state index contributed by atoms with van der Waals surface area (Å²) in [7, 11) is -3.09. The van der Waals surface area contributed by atoms with Gasteiger partial charge in [0.1, 0.15) is 5.82 Å². The van der Waals surface area contributed by atoms with E-state index in [2.05, 4.69) is 5.32 Å². The van der Waals surface area contributed by atoms with Crippen molar-refractivity contribution in [1.29, 1.82) is 0 Å². The minimum Gasteiger partial charge on any atom is -0.382 e. The van der Waals surface area contributed by atoms with Crippen LogP contribution in [0.4, 0.5) is 10.1 Å². The number of halogens is 1. The number of amides is 1. The molecule has 1 amide bonds. The molecule has 21 heavy (non-hydrogen) atoms. The molecule has 0 aromatic heterocycles. The molecule has 1 aliphatic heterocycles. The van der Waals surface area contributed by atoms with Gasteiger partial charge in [-0.25, -0.2) is 12.8 Å². The van der Waals surface area contributed by atoms with Crippen LogP contribution in [0.15, 0.2) is 18.2 Å². The number of carbonyl (C=O) groups is 1. The Bertz CT molecular complexity index is 646. The number of nitrogens with one attached hydrogen (secondary N) is 1. The molecule has 7 heteroatoms. The fourth-order valence-corrected chi connectivity index (χ4v) is 4.07. The van der Waals surface area contributed by atoms with Crippen molar-refractivity contribution in [3.63, 3.8) is 0 Å². The first-order valence-corrected chi connectivity index (χ1v) is 8.71. The molecule has 1 aromatic carbocycles. The van der Waals surface area contributed by atoms with Gasteiger partial charge < -0.3 is 10.2 Å². The molecular formula is C14H19FN2O3S. The molecule has 1 heterocycles. The highest BCUT2D eigenvalue weighted by molar-refractivity contribution is 7.91. The van der Waals surface area contributed by atoms with Crippen LogP contribution in [0.1, 0.15) is 24.2 Å². The first-order chi connectivity index (χ1) is 9.85. The van der Waals surface area contributed by atoms with Gasteiger partial charge in [0.05, 0.1) is 22.8 Å². The molecule has 0 spiro atoms. The lowest BCUT2D eigenvalue weighted by molar-refractivity contribution is 0.0713. The molecule has 1 aliphatic rings. The summed E-state index contributed by atoms with van der Waals surface area (Å²) in [6, 6.07) is 3.92. The number of carbonyl (C=O) groups excluding carboxylic acids is 1. The van der Waals surface area contributed by atoms with Crippen LogP contribution >= 0.6 is 0 Å². The third-order valence-corrected chi connectivity index (χ3v) is 5.32. The molecule has 1 aromatic rings. The van der Waals surface area contributed by atoms with Gasteiger partial charge in [-0.2, -0.15) is 0 Å². The number of anilines is 1. The fourth-order valence-electron chi connectivity index (χ4n) is 2.51. The molecule has 0 radical (unpaired) electrons. The quantitative estimate of drug-likeness (QED) is 0.918. The maximum atomic E-state index is 13.9. The van der Waals surface area contributed by atoms with Gasteiger partial charge in [0.15, 0.2) is 9.84 Å². The number of para-hydroxylation sites is 1. The lowest BCUT2D eigenvalue weighted by atomic mass is 10.1. The Morgan fingerprint density at radius 1 is 1.48 bits per heavy atom. The van der Waals surface area contributed by atoms with E-state index in [0.29, 0.717) is 6.54 Å². The first kappa shape index (κ1) is 15.8. The van der Waals surface area contributed by atoms with Crippen molar-refractivity contribution in [1.82, 2.24) is 4.90 Å². The zero-order valence-corrected chi connectivity index (χ0v) is 12.9. The summed E-state index contributed by atoms with van der Waals surface area (Å²) < 4.78 is 37.0. The van der Waals surface area contributed by atoms with Crippen molar-refractivity contribution in [2.45, 2.75) is 19.9 Å². The molecule has 0 aliphatic carbocycles. The van der Waals surface area contributed by atoms with E-state index in [9.17, 15) is 17.6 Å². The van der Waals surface area contributed by atoms with Crippen LogP contribution in [-0.4, -0.2) is 49.9 Å². The molecule has 1 atom stereocenters. The van der Waals surface area contributed by atoms with E-state index in [1.807, 2.05) is 6.92 Å². The molecule has 2 rings (SSSR count). The van der Waals surface area contributed by atoms with Crippen molar-refractivity contribution < 1.29 is 17.6 Å². The molecule has 0 saturated carbocycles.